The molecule has 0 aliphatic heterocycles. The van der Waals surface area contributed by atoms with Crippen molar-refractivity contribution in [3.63, 3.8) is 0 Å². The van der Waals surface area contributed by atoms with Crippen molar-refractivity contribution < 1.29 is 13.2 Å². The molecular formula is C8H16N2O3S. The lowest BCUT2D eigenvalue weighted by Gasteiger charge is -2.05. The number of hydrogen-bond donors (Lipinski definition) is 2. The minimum Gasteiger partial charge on any atom is -0.305 e. The smallest absolute Gasteiger partial charge is 0.247 e. The molecule has 14 heavy (non-hydrogen) atoms. The summed E-state index contributed by atoms with van der Waals surface area (Å²) < 4.78 is 24.1. The van der Waals surface area contributed by atoms with E-state index in [4.69, 9.17) is 0 Å². The summed E-state index contributed by atoms with van der Waals surface area (Å²) in [5.41, 5.74) is 0. The average Bonchev–Trinajstić information content (AvgIpc) is 2.03. The fraction of sp³-hybridized carbons (Fsp3) is 0.625. The highest BCUT2D eigenvalue weighted by Gasteiger charge is 2.11. The summed E-state index contributed by atoms with van der Waals surface area (Å²) in [6.07, 6.45) is 2.08. The van der Waals surface area contributed by atoms with E-state index in [1.807, 2.05) is 4.72 Å². The second kappa shape index (κ2) is 6.56. The average molecular weight is 220 g/mol. The van der Waals surface area contributed by atoms with Crippen LogP contribution >= 0.6 is 0 Å². The molecule has 0 aliphatic rings. The van der Waals surface area contributed by atoms with Gasteiger partial charge in [-0.15, -0.1) is 6.58 Å². The van der Waals surface area contributed by atoms with E-state index in [0.717, 1.165) is 0 Å². The maximum atomic E-state index is 11.1. The topological polar surface area (TPSA) is 75.3 Å². The van der Waals surface area contributed by atoms with Crippen molar-refractivity contribution in [1.29, 1.82) is 0 Å². The van der Waals surface area contributed by atoms with E-state index in [2.05, 4.69) is 11.9 Å². The maximum Gasteiger partial charge on any atom is 0.247 e. The Hall–Kier alpha value is -0.880. The van der Waals surface area contributed by atoms with Crippen molar-refractivity contribution in [1.82, 2.24) is 10.0 Å². The highest BCUT2D eigenvalue weighted by molar-refractivity contribution is 7.90. The van der Waals surface area contributed by atoms with Crippen LogP contribution in [0, 0.1) is 0 Å². The van der Waals surface area contributed by atoms with Crippen LogP contribution in [0.3, 0.4) is 0 Å². The molecule has 82 valence electrons. The van der Waals surface area contributed by atoms with Crippen molar-refractivity contribution in [3.05, 3.63) is 12.7 Å². The largest absolute Gasteiger partial charge is 0.305 e. The monoisotopic (exact) mass is 220 g/mol. The first kappa shape index (κ1) is 13.1. The van der Waals surface area contributed by atoms with Crippen molar-refractivity contribution in [2.24, 2.45) is 0 Å². The Morgan fingerprint density at radius 2 is 2.14 bits per heavy atom. The number of carbonyl (C=O) groups excluding carboxylic acids is 1. The summed E-state index contributed by atoms with van der Waals surface area (Å²) in [6.45, 7) is 5.64. The molecule has 0 aromatic rings. The Morgan fingerprint density at radius 1 is 1.50 bits per heavy atom. The van der Waals surface area contributed by atoms with E-state index in [0.29, 0.717) is 13.0 Å². The Bertz CT molecular complexity index is 285. The minimum atomic E-state index is -3.43. The quantitative estimate of drug-likeness (QED) is 0.453. The predicted octanol–water partition coefficient (Wildman–Crippen LogP) is -0.382. The summed E-state index contributed by atoms with van der Waals surface area (Å²) in [5, 5.41) is 2.70. The normalized spacial score (nSPS) is 10.9. The molecule has 2 N–H and O–H groups in total. The molecule has 0 bridgehead atoms. The van der Waals surface area contributed by atoms with Gasteiger partial charge in [0.15, 0.2) is 0 Å². The van der Waals surface area contributed by atoms with Gasteiger partial charge in [-0.25, -0.2) is 8.42 Å². The predicted molar refractivity (Wildman–Crippen MR) is 55.3 cm³/mol. The molecule has 0 radical (unpaired) electrons. The maximum absolute atomic E-state index is 11.1. The summed E-state index contributed by atoms with van der Waals surface area (Å²) in [4.78, 5) is 11.0. The first-order valence-electron chi connectivity index (χ1n) is 4.36. The van der Waals surface area contributed by atoms with Crippen LogP contribution < -0.4 is 10.0 Å². The SMILES string of the molecule is C=CCNCC(=O)NS(=O)(=O)CCC. The molecule has 0 atom stereocenters. The number of carbonyl (C=O) groups is 1. The molecule has 0 unspecified atom stereocenters. The van der Waals surface area contributed by atoms with Gasteiger partial charge in [0.1, 0.15) is 0 Å². The highest BCUT2D eigenvalue weighted by Crippen LogP contribution is 1.87. The Kier molecular flexibility index (Phi) is 6.14. The van der Waals surface area contributed by atoms with E-state index in [1.165, 1.54) is 0 Å². The third kappa shape index (κ3) is 6.62. The van der Waals surface area contributed by atoms with Crippen molar-refractivity contribution in [2.75, 3.05) is 18.8 Å². The molecule has 0 saturated heterocycles. The van der Waals surface area contributed by atoms with Crippen LogP contribution in [0.2, 0.25) is 0 Å². The molecule has 0 aromatic carbocycles. The molecular weight excluding hydrogens is 204 g/mol. The number of amides is 1. The Balaban J connectivity index is 3.87. The van der Waals surface area contributed by atoms with E-state index < -0.39 is 15.9 Å². The summed E-state index contributed by atoms with van der Waals surface area (Å²) in [6, 6.07) is 0. The Morgan fingerprint density at radius 3 is 2.64 bits per heavy atom. The third-order valence-corrected chi connectivity index (χ3v) is 2.80. The molecule has 0 aromatic heterocycles. The zero-order valence-corrected chi connectivity index (χ0v) is 9.06. The molecule has 1 amide bonds. The van der Waals surface area contributed by atoms with Crippen LogP contribution in [-0.4, -0.2) is 33.2 Å². The lowest BCUT2D eigenvalue weighted by Crippen LogP contribution is -2.38. The van der Waals surface area contributed by atoms with Gasteiger partial charge in [-0.2, -0.15) is 0 Å². The van der Waals surface area contributed by atoms with Crippen LogP contribution in [0.1, 0.15) is 13.3 Å². The van der Waals surface area contributed by atoms with Gasteiger partial charge in [0.2, 0.25) is 15.9 Å². The molecule has 0 rings (SSSR count). The number of nitrogens with one attached hydrogen (secondary N) is 2. The first-order chi connectivity index (χ1) is 6.52. The van der Waals surface area contributed by atoms with Gasteiger partial charge in [0.25, 0.3) is 0 Å². The second-order valence-electron chi connectivity index (χ2n) is 2.76. The van der Waals surface area contributed by atoms with Crippen LogP contribution in [0.5, 0.6) is 0 Å². The number of hydrogen-bond acceptors (Lipinski definition) is 4. The van der Waals surface area contributed by atoms with E-state index in [9.17, 15) is 13.2 Å². The van der Waals surface area contributed by atoms with Gasteiger partial charge in [-0.3, -0.25) is 9.52 Å². The molecule has 5 nitrogen and oxygen atoms in total. The fourth-order valence-corrected chi connectivity index (χ4v) is 1.88. The van der Waals surface area contributed by atoms with Crippen LogP contribution in [0.15, 0.2) is 12.7 Å². The lowest BCUT2D eigenvalue weighted by atomic mass is 10.5. The van der Waals surface area contributed by atoms with E-state index in [-0.39, 0.29) is 12.3 Å². The van der Waals surface area contributed by atoms with E-state index >= 15 is 0 Å². The van der Waals surface area contributed by atoms with E-state index in [1.54, 1.807) is 13.0 Å². The summed E-state index contributed by atoms with van der Waals surface area (Å²) >= 11 is 0. The third-order valence-electron chi connectivity index (χ3n) is 1.32. The zero-order chi connectivity index (χ0) is 11.0. The van der Waals surface area contributed by atoms with Gasteiger partial charge < -0.3 is 5.32 Å². The van der Waals surface area contributed by atoms with Crippen LogP contribution in [0.25, 0.3) is 0 Å². The lowest BCUT2D eigenvalue weighted by molar-refractivity contribution is -0.118. The molecule has 0 saturated carbocycles. The van der Waals surface area contributed by atoms with Gasteiger partial charge in [-0.05, 0) is 6.42 Å². The van der Waals surface area contributed by atoms with Crippen LogP contribution in [0.4, 0.5) is 0 Å². The summed E-state index contributed by atoms with van der Waals surface area (Å²) in [7, 11) is -3.43. The number of rotatable bonds is 7. The van der Waals surface area contributed by atoms with Gasteiger partial charge >= 0.3 is 0 Å². The molecule has 6 heteroatoms. The van der Waals surface area contributed by atoms with Gasteiger partial charge in [-0.1, -0.05) is 13.0 Å². The molecule has 0 fully saturated rings. The van der Waals surface area contributed by atoms with Crippen LogP contribution in [-0.2, 0) is 14.8 Å². The summed E-state index contributed by atoms with van der Waals surface area (Å²) in [5.74, 6) is -0.569. The van der Waals surface area contributed by atoms with Crippen molar-refractivity contribution in [3.8, 4) is 0 Å². The fourth-order valence-electron chi connectivity index (χ4n) is 0.817. The Labute approximate surface area is 84.6 Å². The van der Waals surface area contributed by atoms with Crippen molar-refractivity contribution >= 4 is 15.9 Å². The second-order valence-corrected chi connectivity index (χ2v) is 4.61. The van der Waals surface area contributed by atoms with Gasteiger partial charge in [0, 0.05) is 6.54 Å². The molecule has 0 heterocycles. The minimum absolute atomic E-state index is 0.0189. The number of sulfonamides is 1. The van der Waals surface area contributed by atoms with Crippen molar-refractivity contribution in [2.45, 2.75) is 13.3 Å². The standard InChI is InChI=1S/C8H16N2O3S/c1-3-5-9-7-8(11)10-14(12,13)6-4-2/h3,9H,1,4-7H2,2H3,(H,10,11). The molecule has 0 aliphatic carbocycles. The first-order valence-corrected chi connectivity index (χ1v) is 6.02. The van der Waals surface area contributed by atoms with Gasteiger partial charge in [0.05, 0.1) is 12.3 Å². The highest BCUT2D eigenvalue weighted by atomic mass is 32.2. The molecule has 0 spiro atoms. The zero-order valence-electron chi connectivity index (χ0n) is 8.25.